The third-order valence-corrected chi connectivity index (χ3v) is 7.13. The van der Waals surface area contributed by atoms with Crippen molar-refractivity contribution in [1.29, 1.82) is 0 Å². The van der Waals surface area contributed by atoms with Gasteiger partial charge in [-0.2, -0.15) is 0 Å². The molecule has 4 aromatic rings. The van der Waals surface area contributed by atoms with Gasteiger partial charge in [-0.3, -0.25) is 13.9 Å². The molecule has 10 heteroatoms. The first-order valence-electron chi connectivity index (χ1n) is 10.9. The second kappa shape index (κ2) is 7.91. The highest BCUT2D eigenvalue weighted by Gasteiger charge is 2.42. The van der Waals surface area contributed by atoms with Crippen LogP contribution in [-0.2, 0) is 24.4 Å². The maximum Gasteiger partial charge on any atom is 0.331 e. The second-order valence-corrected chi connectivity index (χ2v) is 10.2. The van der Waals surface area contributed by atoms with Gasteiger partial charge in [0.05, 0.1) is 39.5 Å². The Hall–Kier alpha value is -3.20. The van der Waals surface area contributed by atoms with E-state index in [4.69, 9.17) is 27.9 Å². The number of ether oxygens (including phenoxy) is 1. The number of aromatic hydroxyl groups is 2. The molecule has 5 rings (SSSR count). The van der Waals surface area contributed by atoms with Crippen LogP contribution >= 0.6 is 23.2 Å². The Morgan fingerprint density at radius 1 is 1.06 bits per heavy atom. The van der Waals surface area contributed by atoms with Gasteiger partial charge < -0.3 is 19.5 Å². The Morgan fingerprint density at radius 2 is 1.77 bits per heavy atom. The highest BCUT2D eigenvalue weighted by molar-refractivity contribution is 6.36. The molecule has 0 aliphatic carbocycles. The highest BCUT2D eigenvalue weighted by Crippen LogP contribution is 2.49. The van der Waals surface area contributed by atoms with Gasteiger partial charge in [0.1, 0.15) is 6.10 Å². The third kappa shape index (κ3) is 3.31. The first kappa shape index (κ1) is 23.5. The van der Waals surface area contributed by atoms with Crippen LogP contribution in [0.4, 0.5) is 0 Å². The van der Waals surface area contributed by atoms with Crippen LogP contribution in [0, 0.1) is 0 Å². The monoisotopic (exact) mass is 515 g/mol. The molecule has 2 aromatic heterocycles. The predicted molar refractivity (Wildman–Crippen MR) is 135 cm³/mol. The second-order valence-electron chi connectivity index (χ2n) is 9.34. The van der Waals surface area contributed by atoms with Crippen molar-refractivity contribution in [3.05, 3.63) is 78.5 Å². The summed E-state index contributed by atoms with van der Waals surface area (Å²) in [5.41, 5.74) is 0.588. The van der Waals surface area contributed by atoms with Crippen LogP contribution < -0.4 is 11.2 Å². The molecule has 1 aliphatic rings. The van der Waals surface area contributed by atoms with Gasteiger partial charge in [0.2, 0.25) is 0 Å². The third-order valence-electron chi connectivity index (χ3n) is 6.58. The van der Waals surface area contributed by atoms with Gasteiger partial charge in [-0.1, -0.05) is 35.3 Å². The van der Waals surface area contributed by atoms with Crippen LogP contribution in [0.25, 0.3) is 22.2 Å². The number of rotatable bonds is 2. The number of phenols is 2. The lowest BCUT2D eigenvalue weighted by atomic mass is 9.97. The average molecular weight is 516 g/mol. The minimum absolute atomic E-state index is 0.215. The Kier molecular flexibility index (Phi) is 5.32. The molecule has 2 N–H and O–H groups in total. The van der Waals surface area contributed by atoms with E-state index in [9.17, 15) is 19.8 Å². The molecular weight excluding hydrogens is 493 g/mol. The fraction of sp³-hybridized carbons (Fsp3) is 0.280. The van der Waals surface area contributed by atoms with Crippen LogP contribution in [0.15, 0.2) is 46.0 Å². The number of para-hydroxylation sites is 1. The van der Waals surface area contributed by atoms with Gasteiger partial charge >= 0.3 is 5.69 Å². The largest absolute Gasteiger partial charge is 0.504 e. The molecule has 0 bridgehead atoms. The van der Waals surface area contributed by atoms with Gasteiger partial charge in [0.15, 0.2) is 11.5 Å². The Balaban J connectivity index is 2.05. The zero-order valence-electron chi connectivity index (χ0n) is 19.5. The van der Waals surface area contributed by atoms with Crippen molar-refractivity contribution in [2.45, 2.75) is 25.5 Å². The number of fused-ring (bicyclic) bond motifs is 3. The highest BCUT2D eigenvalue weighted by atomic mass is 35.5. The quantitative estimate of drug-likeness (QED) is 0.388. The van der Waals surface area contributed by atoms with Gasteiger partial charge in [-0.15, -0.1) is 0 Å². The average Bonchev–Trinajstić information content (AvgIpc) is 3.16. The van der Waals surface area contributed by atoms with Crippen molar-refractivity contribution in [3.63, 3.8) is 0 Å². The molecule has 1 aliphatic heterocycles. The lowest BCUT2D eigenvalue weighted by Crippen LogP contribution is -2.40. The molecule has 182 valence electrons. The number of aromatic nitrogens is 3. The molecule has 0 amide bonds. The van der Waals surface area contributed by atoms with Crippen molar-refractivity contribution < 1.29 is 14.9 Å². The van der Waals surface area contributed by atoms with Crippen LogP contribution in [0.5, 0.6) is 11.5 Å². The van der Waals surface area contributed by atoms with Crippen molar-refractivity contribution in [2.24, 2.45) is 14.1 Å². The molecule has 3 heterocycles. The number of halogens is 2. The summed E-state index contributed by atoms with van der Waals surface area (Å²) in [5, 5.41) is 21.9. The summed E-state index contributed by atoms with van der Waals surface area (Å²) in [6, 6.07) is 9.62. The van der Waals surface area contributed by atoms with E-state index in [0.29, 0.717) is 38.1 Å². The lowest BCUT2D eigenvalue weighted by Gasteiger charge is -2.39. The number of aryl methyl sites for hydroxylation is 1. The Labute approximate surface area is 210 Å². The van der Waals surface area contributed by atoms with Gasteiger partial charge in [0, 0.05) is 30.2 Å². The van der Waals surface area contributed by atoms with E-state index in [1.807, 2.05) is 18.4 Å². The van der Waals surface area contributed by atoms with Gasteiger partial charge in [0.25, 0.3) is 5.56 Å². The molecule has 0 radical (unpaired) electrons. The van der Waals surface area contributed by atoms with E-state index in [-0.39, 0.29) is 23.5 Å². The summed E-state index contributed by atoms with van der Waals surface area (Å²) in [6.45, 7) is 4.11. The number of benzene rings is 2. The maximum atomic E-state index is 13.6. The molecule has 1 atom stereocenters. The maximum absolute atomic E-state index is 13.6. The predicted octanol–water partition coefficient (Wildman–Crippen LogP) is 4.28. The lowest BCUT2D eigenvalue weighted by molar-refractivity contribution is -0.00810. The van der Waals surface area contributed by atoms with Gasteiger partial charge in [-0.05, 0) is 38.1 Å². The van der Waals surface area contributed by atoms with Crippen molar-refractivity contribution in [2.75, 3.05) is 6.61 Å². The summed E-state index contributed by atoms with van der Waals surface area (Å²) in [7, 11) is 3.01. The van der Waals surface area contributed by atoms with Crippen molar-refractivity contribution in [1.82, 2.24) is 13.7 Å². The van der Waals surface area contributed by atoms with E-state index < -0.39 is 22.9 Å². The standard InChI is InChI=1S/C25H23Cl2N3O5/c1-25(2)11-35-22(14-6-5-7-16(31)21(14)32)20-19-17(23(33)29(4)24(34)28(19)3)18(30(20)25)13-9-8-12(26)10-15(13)27/h5-10,22,31-32H,11H2,1-4H3. The minimum Gasteiger partial charge on any atom is -0.504 e. The molecule has 0 spiro atoms. The topological polar surface area (TPSA) is 98.6 Å². The first-order chi connectivity index (χ1) is 16.5. The number of phenolic OH excluding ortho intramolecular Hbond substituents is 2. The summed E-state index contributed by atoms with van der Waals surface area (Å²) >= 11 is 12.8. The smallest absolute Gasteiger partial charge is 0.331 e. The SMILES string of the molecule is Cn1c(=O)c2c(-c3ccc(Cl)cc3Cl)n3c(c2n(C)c1=O)C(c1cccc(O)c1O)OCC3(C)C. The normalized spacial score (nSPS) is 17.0. The minimum atomic E-state index is -0.879. The number of nitrogens with zero attached hydrogens (tertiary/aromatic N) is 3. The Morgan fingerprint density at radius 3 is 2.46 bits per heavy atom. The number of hydrogen-bond donors (Lipinski definition) is 2. The molecule has 2 aromatic carbocycles. The van der Waals surface area contributed by atoms with Crippen LogP contribution in [0.3, 0.4) is 0 Å². The van der Waals surface area contributed by atoms with E-state index in [1.165, 1.54) is 17.7 Å². The van der Waals surface area contributed by atoms with E-state index in [0.717, 1.165) is 4.57 Å². The molecule has 0 fully saturated rings. The zero-order valence-corrected chi connectivity index (χ0v) is 21.0. The fourth-order valence-corrected chi connectivity index (χ4v) is 5.43. The molecule has 0 saturated carbocycles. The molecule has 1 unspecified atom stereocenters. The van der Waals surface area contributed by atoms with E-state index in [2.05, 4.69) is 0 Å². The number of hydrogen-bond acceptors (Lipinski definition) is 5. The first-order valence-corrected chi connectivity index (χ1v) is 11.6. The van der Waals surface area contributed by atoms with Crippen molar-refractivity contribution >= 4 is 34.1 Å². The van der Waals surface area contributed by atoms with Crippen LogP contribution in [-0.4, -0.2) is 30.5 Å². The molecular formula is C25H23Cl2N3O5. The summed E-state index contributed by atoms with van der Waals surface area (Å²) in [6.07, 6.45) is -0.879. The van der Waals surface area contributed by atoms with E-state index >= 15 is 0 Å². The van der Waals surface area contributed by atoms with Gasteiger partial charge in [-0.25, -0.2) is 4.79 Å². The molecule has 8 nitrogen and oxygen atoms in total. The molecule has 35 heavy (non-hydrogen) atoms. The summed E-state index contributed by atoms with van der Waals surface area (Å²) in [5.74, 6) is -0.637. The zero-order chi connectivity index (χ0) is 25.4. The Bertz CT molecular complexity index is 1650. The van der Waals surface area contributed by atoms with Crippen molar-refractivity contribution in [3.8, 4) is 22.8 Å². The molecule has 0 saturated heterocycles. The van der Waals surface area contributed by atoms with Crippen LogP contribution in [0.1, 0.15) is 31.2 Å². The van der Waals surface area contributed by atoms with E-state index in [1.54, 1.807) is 37.4 Å². The fourth-order valence-electron chi connectivity index (χ4n) is 4.93. The summed E-state index contributed by atoms with van der Waals surface area (Å²) in [4.78, 5) is 26.6. The summed E-state index contributed by atoms with van der Waals surface area (Å²) < 4.78 is 10.6. The van der Waals surface area contributed by atoms with Crippen LogP contribution in [0.2, 0.25) is 10.0 Å².